The van der Waals surface area contributed by atoms with Gasteiger partial charge in [-0.25, -0.2) is 4.68 Å². The lowest BCUT2D eigenvalue weighted by Gasteiger charge is -2.17. The molecule has 1 heterocycles. The number of rotatable bonds is 1. The van der Waals surface area contributed by atoms with E-state index in [1.165, 1.54) is 22.3 Å². The lowest BCUT2D eigenvalue weighted by Crippen LogP contribution is -2.05. The molecule has 0 bridgehead atoms. The normalized spacial score (nSPS) is 12.8. The van der Waals surface area contributed by atoms with Crippen molar-refractivity contribution in [2.24, 2.45) is 0 Å². The van der Waals surface area contributed by atoms with Crippen LogP contribution in [0.4, 0.5) is 0 Å². The van der Waals surface area contributed by atoms with Gasteiger partial charge in [-0.15, -0.1) is 5.10 Å². The van der Waals surface area contributed by atoms with Crippen molar-refractivity contribution in [3.63, 3.8) is 0 Å². The molecule has 3 heteroatoms. The fourth-order valence-corrected chi connectivity index (χ4v) is 3.19. The van der Waals surface area contributed by atoms with Gasteiger partial charge < -0.3 is 0 Å². The van der Waals surface area contributed by atoms with Crippen molar-refractivity contribution in [2.75, 3.05) is 0 Å². The van der Waals surface area contributed by atoms with Crippen molar-refractivity contribution in [2.45, 2.75) is 26.3 Å². The summed E-state index contributed by atoms with van der Waals surface area (Å²) in [6, 6.07) is 17.2. The molecule has 0 fully saturated rings. The van der Waals surface area contributed by atoms with Crippen LogP contribution in [0.5, 0.6) is 0 Å². The van der Waals surface area contributed by atoms with Crippen molar-refractivity contribution >= 4 is 0 Å². The maximum Gasteiger partial charge on any atom is 0.121 e. The third-order valence-electron chi connectivity index (χ3n) is 4.24. The Bertz CT molecular complexity index is 802. The molecule has 0 aliphatic heterocycles. The van der Waals surface area contributed by atoms with Gasteiger partial charge in [0, 0.05) is 17.7 Å². The van der Waals surface area contributed by atoms with Gasteiger partial charge in [0.25, 0.3) is 0 Å². The number of hydrogen-bond acceptors (Lipinski definition) is 2. The van der Waals surface area contributed by atoms with E-state index in [0.29, 0.717) is 0 Å². The SMILES string of the molecule is CCn1nnc2c1-c1ccccc1CCc1ccccc1-2. The van der Waals surface area contributed by atoms with Crippen molar-refractivity contribution in [1.82, 2.24) is 15.0 Å². The third kappa shape index (κ3) is 1.88. The zero-order chi connectivity index (χ0) is 14.2. The molecule has 0 atom stereocenters. The van der Waals surface area contributed by atoms with Gasteiger partial charge in [0.1, 0.15) is 5.69 Å². The van der Waals surface area contributed by atoms with E-state index in [-0.39, 0.29) is 0 Å². The minimum atomic E-state index is 0.832. The summed E-state index contributed by atoms with van der Waals surface area (Å²) in [7, 11) is 0. The molecule has 3 nitrogen and oxygen atoms in total. The molecular weight excluding hydrogens is 258 g/mol. The molecule has 0 saturated carbocycles. The molecular formula is C18H17N3. The Kier molecular flexibility index (Phi) is 2.85. The predicted octanol–water partition coefficient (Wildman–Crippen LogP) is 3.73. The number of aryl methyl sites for hydroxylation is 3. The Hall–Kier alpha value is -2.42. The quantitative estimate of drug-likeness (QED) is 0.677. The van der Waals surface area contributed by atoms with Gasteiger partial charge in [0.2, 0.25) is 0 Å². The summed E-state index contributed by atoms with van der Waals surface area (Å²) < 4.78 is 2.01. The highest BCUT2D eigenvalue weighted by molar-refractivity contribution is 5.82. The van der Waals surface area contributed by atoms with Crippen molar-refractivity contribution in [3.8, 4) is 22.5 Å². The Morgan fingerprint density at radius 1 is 0.905 bits per heavy atom. The summed E-state index contributed by atoms with van der Waals surface area (Å²) in [5, 5.41) is 8.85. The highest BCUT2D eigenvalue weighted by atomic mass is 15.4. The minimum Gasteiger partial charge on any atom is -0.244 e. The molecule has 1 aliphatic carbocycles. The summed E-state index contributed by atoms with van der Waals surface area (Å²) >= 11 is 0. The van der Waals surface area contributed by atoms with Crippen LogP contribution in [0.25, 0.3) is 22.5 Å². The van der Waals surface area contributed by atoms with E-state index in [0.717, 1.165) is 30.8 Å². The van der Waals surface area contributed by atoms with E-state index in [9.17, 15) is 0 Å². The lowest BCUT2D eigenvalue weighted by atomic mass is 9.89. The van der Waals surface area contributed by atoms with E-state index in [2.05, 4.69) is 65.8 Å². The molecule has 0 saturated heterocycles. The topological polar surface area (TPSA) is 30.7 Å². The van der Waals surface area contributed by atoms with Crippen LogP contribution in [-0.2, 0) is 19.4 Å². The first kappa shape index (κ1) is 12.3. The van der Waals surface area contributed by atoms with Crippen LogP contribution in [0.1, 0.15) is 18.1 Å². The Labute approximate surface area is 124 Å². The van der Waals surface area contributed by atoms with Crippen LogP contribution in [-0.4, -0.2) is 15.0 Å². The van der Waals surface area contributed by atoms with Crippen LogP contribution in [0.15, 0.2) is 48.5 Å². The van der Waals surface area contributed by atoms with Crippen LogP contribution in [0.3, 0.4) is 0 Å². The number of fused-ring (bicyclic) bond motifs is 5. The molecule has 104 valence electrons. The van der Waals surface area contributed by atoms with Gasteiger partial charge in [0.15, 0.2) is 0 Å². The summed E-state index contributed by atoms with van der Waals surface area (Å²) in [4.78, 5) is 0. The van der Waals surface area contributed by atoms with E-state index in [1.54, 1.807) is 0 Å². The predicted molar refractivity (Wildman–Crippen MR) is 84.0 cm³/mol. The second-order valence-electron chi connectivity index (χ2n) is 5.42. The average molecular weight is 275 g/mol. The first-order valence-corrected chi connectivity index (χ1v) is 7.48. The zero-order valence-corrected chi connectivity index (χ0v) is 12.1. The molecule has 0 radical (unpaired) electrons. The van der Waals surface area contributed by atoms with Gasteiger partial charge in [0.05, 0.1) is 5.69 Å². The van der Waals surface area contributed by atoms with Crippen molar-refractivity contribution in [3.05, 3.63) is 59.7 Å². The van der Waals surface area contributed by atoms with E-state index < -0.39 is 0 Å². The first-order valence-electron chi connectivity index (χ1n) is 7.48. The zero-order valence-electron chi connectivity index (χ0n) is 12.1. The molecule has 0 amide bonds. The van der Waals surface area contributed by atoms with Gasteiger partial charge in [-0.2, -0.15) is 0 Å². The fourth-order valence-electron chi connectivity index (χ4n) is 3.19. The highest BCUT2D eigenvalue weighted by Gasteiger charge is 2.22. The molecule has 2 aromatic carbocycles. The van der Waals surface area contributed by atoms with Gasteiger partial charge >= 0.3 is 0 Å². The summed E-state index contributed by atoms with van der Waals surface area (Å²) in [6.45, 7) is 2.95. The lowest BCUT2D eigenvalue weighted by molar-refractivity contribution is 0.632. The standard InChI is InChI=1S/C18H17N3/c1-2-21-18-16-10-6-4-8-14(16)12-11-13-7-3-5-9-15(13)17(18)19-20-21/h3-10H,2,11-12H2,1H3. The number of nitrogens with zero attached hydrogens (tertiary/aromatic N) is 3. The van der Waals surface area contributed by atoms with Crippen molar-refractivity contribution in [1.29, 1.82) is 0 Å². The largest absolute Gasteiger partial charge is 0.244 e. The summed E-state index contributed by atoms with van der Waals surface area (Å²) in [5.74, 6) is 0. The Morgan fingerprint density at radius 2 is 1.52 bits per heavy atom. The Morgan fingerprint density at radius 3 is 2.24 bits per heavy atom. The molecule has 0 N–H and O–H groups in total. The molecule has 21 heavy (non-hydrogen) atoms. The van der Waals surface area contributed by atoms with Crippen LogP contribution >= 0.6 is 0 Å². The van der Waals surface area contributed by atoms with Crippen LogP contribution in [0.2, 0.25) is 0 Å². The number of benzene rings is 2. The first-order chi connectivity index (χ1) is 10.4. The van der Waals surface area contributed by atoms with E-state index >= 15 is 0 Å². The van der Waals surface area contributed by atoms with E-state index in [1.807, 2.05) is 4.68 Å². The fraction of sp³-hybridized carbons (Fsp3) is 0.222. The van der Waals surface area contributed by atoms with Crippen LogP contribution < -0.4 is 0 Å². The minimum absolute atomic E-state index is 0.832. The molecule has 1 aromatic heterocycles. The maximum atomic E-state index is 4.48. The summed E-state index contributed by atoms with van der Waals surface area (Å²) in [5.41, 5.74) is 7.40. The van der Waals surface area contributed by atoms with Crippen LogP contribution in [0, 0.1) is 0 Å². The van der Waals surface area contributed by atoms with Gasteiger partial charge in [-0.1, -0.05) is 53.7 Å². The maximum absolute atomic E-state index is 4.48. The second kappa shape index (κ2) is 4.85. The number of aromatic nitrogens is 3. The van der Waals surface area contributed by atoms with Gasteiger partial charge in [-0.3, -0.25) is 0 Å². The molecule has 0 spiro atoms. The summed E-state index contributed by atoms with van der Waals surface area (Å²) in [6.07, 6.45) is 2.10. The highest BCUT2D eigenvalue weighted by Crippen LogP contribution is 2.37. The Balaban J connectivity index is 2.07. The van der Waals surface area contributed by atoms with Crippen molar-refractivity contribution < 1.29 is 0 Å². The third-order valence-corrected chi connectivity index (χ3v) is 4.24. The smallest absolute Gasteiger partial charge is 0.121 e. The average Bonchev–Trinajstić information content (AvgIpc) is 2.95. The molecule has 0 unspecified atom stereocenters. The van der Waals surface area contributed by atoms with Gasteiger partial charge in [-0.05, 0) is 30.9 Å². The molecule has 4 rings (SSSR count). The molecule has 3 aromatic rings. The monoisotopic (exact) mass is 275 g/mol. The van der Waals surface area contributed by atoms with E-state index in [4.69, 9.17) is 0 Å². The number of hydrogen-bond donors (Lipinski definition) is 0. The molecule has 1 aliphatic rings. The second-order valence-corrected chi connectivity index (χ2v) is 5.42.